The number of aromatic nitrogens is 2. The third kappa shape index (κ3) is 2.29. The lowest BCUT2D eigenvalue weighted by atomic mass is 10.1. The van der Waals surface area contributed by atoms with Gasteiger partial charge in [0.05, 0.1) is 5.39 Å². The molecule has 1 unspecified atom stereocenters. The predicted molar refractivity (Wildman–Crippen MR) is 85.9 cm³/mol. The van der Waals surface area contributed by atoms with Crippen LogP contribution in [0.1, 0.15) is 29.1 Å². The number of rotatable bonds is 2. The number of hydrogen-bond donors (Lipinski definition) is 1. The summed E-state index contributed by atoms with van der Waals surface area (Å²) in [5.41, 5.74) is 1.34. The van der Waals surface area contributed by atoms with Crippen LogP contribution in [0.2, 0.25) is 0 Å². The molecule has 20 heavy (non-hydrogen) atoms. The van der Waals surface area contributed by atoms with E-state index < -0.39 is 0 Å². The van der Waals surface area contributed by atoms with Crippen LogP contribution in [0.15, 0.2) is 0 Å². The van der Waals surface area contributed by atoms with Crippen LogP contribution in [0.4, 0.5) is 5.82 Å². The van der Waals surface area contributed by atoms with E-state index in [1.54, 1.807) is 11.3 Å². The Morgan fingerprint density at radius 3 is 2.80 bits per heavy atom. The lowest BCUT2D eigenvalue weighted by Gasteiger charge is -2.34. The van der Waals surface area contributed by atoms with Gasteiger partial charge in [-0.1, -0.05) is 0 Å². The molecule has 1 atom stereocenters. The van der Waals surface area contributed by atoms with Crippen LogP contribution in [-0.4, -0.2) is 36.1 Å². The van der Waals surface area contributed by atoms with Gasteiger partial charge in [0.15, 0.2) is 0 Å². The summed E-state index contributed by atoms with van der Waals surface area (Å²) < 4.78 is 0. The lowest BCUT2D eigenvalue weighted by Crippen LogP contribution is -2.44. The largest absolute Gasteiger partial charge is 0.354 e. The zero-order valence-corrected chi connectivity index (χ0v) is 13.5. The van der Waals surface area contributed by atoms with Crippen molar-refractivity contribution in [2.45, 2.75) is 39.7 Å². The van der Waals surface area contributed by atoms with Crippen molar-refractivity contribution in [3.8, 4) is 0 Å². The molecule has 1 fully saturated rings. The molecule has 0 saturated carbocycles. The lowest BCUT2D eigenvalue weighted by molar-refractivity contribution is 0.448. The highest BCUT2D eigenvalue weighted by atomic mass is 32.1. The predicted octanol–water partition coefficient (Wildman–Crippen LogP) is 2.80. The van der Waals surface area contributed by atoms with E-state index in [1.807, 2.05) is 6.92 Å². The zero-order valence-electron chi connectivity index (χ0n) is 12.7. The smallest absolute Gasteiger partial charge is 0.141 e. The summed E-state index contributed by atoms with van der Waals surface area (Å²) in [7, 11) is 2.05. The topological polar surface area (TPSA) is 41.0 Å². The third-order valence-corrected chi connectivity index (χ3v) is 5.35. The summed E-state index contributed by atoms with van der Waals surface area (Å²) in [6.07, 6.45) is 2.47. The van der Waals surface area contributed by atoms with Crippen LogP contribution in [0.25, 0.3) is 10.2 Å². The molecular formula is C15H22N4S. The number of thiophene rings is 1. The summed E-state index contributed by atoms with van der Waals surface area (Å²) in [6.45, 7) is 8.49. The molecule has 1 saturated heterocycles. The van der Waals surface area contributed by atoms with E-state index in [1.165, 1.54) is 28.7 Å². The normalized spacial score (nSPS) is 19.8. The Labute approximate surface area is 124 Å². The van der Waals surface area contributed by atoms with Gasteiger partial charge >= 0.3 is 0 Å². The SMILES string of the molecule is CNC1CCCN(c2nc(C)nc3sc(C)c(C)c23)C1. The fourth-order valence-corrected chi connectivity index (χ4v) is 4.04. The molecule has 0 spiro atoms. The number of likely N-dealkylation sites (N-methyl/N-ethyl adjacent to an activating group) is 1. The molecule has 0 aromatic carbocycles. The molecule has 0 aliphatic carbocycles. The van der Waals surface area contributed by atoms with Gasteiger partial charge < -0.3 is 10.2 Å². The number of anilines is 1. The van der Waals surface area contributed by atoms with Crippen molar-refractivity contribution < 1.29 is 0 Å². The van der Waals surface area contributed by atoms with Crippen molar-refractivity contribution in [3.63, 3.8) is 0 Å². The first-order valence-electron chi connectivity index (χ1n) is 7.26. The van der Waals surface area contributed by atoms with Gasteiger partial charge in [-0.2, -0.15) is 0 Å². The summed E-state index contributed by atoms with van der Waals surface area (Å²) in [5, 5.41) is 4.66. The maximum absolute atomic E-state index is 4.76. The van der Waals surface area contributed by atoms with Gasteiger partial charge in [-0.05, 0) is 46.2 Å². The van der Waals surface area contributed by atoms with E-state index in [4.69, 9.17) is 4.98 Å². The number of hydrogen-bond acceptors (Lipinski definition) is 5. The van der Waals surface area contributed by atoms with Crippen molar-refractivity contribution in [3.05, 3.63) is 16.3 Å². The second-order valence-corrected chi connectivity index (χ2v) is 6.83. The molecule has 108 valence electrons. The van der Waals surface area contributed by atoms with Crippen molar-refractivity contribution in [2.24, 2.45) is 0 Å². The van der Waals surface area contributed by atoms with Crippen LogP contribution in [0.5, 0.6) is 0 Å². The van der Waals surface area contributed by atoms with Crippen LogP contribution < -0.4 is 10.2 Å². The Bertz CT molecular complexity index is 634. The number of aryl methyl sites for hydroxylation is 3. The maximum Gasteiger partial charge on any atom is 0.141 e. The third-order valence-electron chi connectivity index (χ3n) is 4.25. The van der Waals surface area contributed by atoms with Gasteiger partial charge in [0.2, 0.25) is 0 Å². The Kier molecular flexibility index (Phi) is 3.65. The first-order chi connectivity index (χ1) is 9.60. The minimum absolute atomic E-state index is 0.564. The highest BCUT2D eigenvalue weighted by Gasteiger charge is 2.23. The standard InChI is InChI=1S/C15H22N4S/c1-9-10(2)20-15-13(9)14(17-11(3)18-15)19-7-5-6-12(8-19)16-4/h12,16H,5-8H2,1-4H3. The van der Waals surface area contributed by atoms with Gasteiger partial charge in [0.1, 0.15) is 16.5 Å². The molecule has 2 aromatic rings. The van der Waals surface area contributed by atoms with E-state index >= 15 is 0 Å². The van der Waals surface area contributed by atoms with Gasteiger partial charge in [-0.3, -0.25) is 0 Å². The number of fused-ring (bicyclic) bond motifs is 1. The van der Waals surface area contributed by atoms with E-state index in [9.17, 15) is 0 Å². The molecule has 0 radical (unpaired) electrons. The average Bonchev–Trinajstić information content (AvgIpc) is 2.73. The molecule has 0 amide bonds. The summed E-state index contributed by atoms with van der Waals surface area (Å²) in [4.78, 5) is 14.3. The van der Waals surface area contributed by atoms with E-state index in [0.29, 0.717) is 6.04 Å². The maximum atomic E-state index is 4.76. The van der Waals surface area contributed by atoms with Gasteiger partial charge in [-0.15, -0.1) is 11.3 Å². The van der Waals surface area contributed by atoms with Crippen molar-refractivity contribution >= 4 is 27.4 Å². The minimum atomic E-state index is 0.564. The summed E-state index contributed by atoms with van der Waals surface area (Å²) in [6, 6.07) is 0.564. The van der Waals surface area contributed by atoms with Crippen LogP contribution in [-0.2, 0) is 0 Å². The van der Waals surface area contributed by atoms with Crippen LogP contribution >= 0.6 is 11.3 Å². The average molecular weight is 290 g/mol. The van der Waals surface area contributed by atoms with Crippen molar-refractivity contribution in [2.75, 3.05) is 25.0 Å². The first kappa shape index (κ1) is 13.8. The van der Waals surface area contributed by atoms with E-state index in [0.717, 1.165) is 29.6 Å². The summed E-state index contributed by atoms with van der Waals surface area (Å²) in [5.74, 6) is 2.01. The Morgan fingerprint density at radius 1 is 1.25 bits per heavy atom. The van der Waals surface area contributed by atoms with Crippen LogP contribution in [0, 0.1) is 20.8 Å². The number of nitrogens with zero attached hydrogens (tertiary/aromatic N) is 3. The molecule has 0 bridgehead atoms. The quantitative estimate of drug-likeness (QED) is 0.923. The van der Waals surface area contributed by atoms with Gasteiger partial charge in [0.25, 0.3) is 0 Å². The fourth-order valence-electron chi connectivity index (χ4n) is 2.97. The highest BCUT2D eigenvalue weighted by Crippen LogP contribution is 2.35. The Hall–Kier alpha value is -1.20. The van der Waals surface area contributed by atoms with E-state index in [-0.39, 0.29) is 0 Å². The molecular weight excluding hydrogens is 268 g/mol. The molecule has 1 aliphatic heterocycles. The molecule has 4 nitrogen and oxygen atoms in total. The molecule has 3 rings (SSSR count). The molecule has 1 aliphatic rings. The second kappa shape index (κ2) is 5.30. The number of piperidine rings is 1. The Morgan fingerprint density at radius 2 is 2.05 bits per heavy atom. The first-order valence-corrected chi connectivity index (χ1v) is 8.08. The van der Waals surface area contributed by atoms with Crippen molar-refractivity contribution in [1.29, 1.82) is 0 Å². The van der Waals surface area contributed by atoms with Crippen molar-refractivity contribution in [1.82, 2.24) is 15.3 Å². The fraction of sp³-hybridized carbons (Fsp3) is 0.600. The molecule has 1 N–H and O–H groups in total. The zero-order chi connectivity index (χ0) is 14.3. The van der Waals surface area contributed by atoms with Gasteiger partial charge in [0, 0.05) is 24.0 Å². The van der Waals surface area contributed by atoms with Crippen LogP contribution in [0.3, 0.4) is 0 Å². The van der Waals surface area contributed by atoms with Gasteiger partial charge in [-0.25, -0.2) is 9.97 Å². The minimum Gasteiger partial charge on any atom is -0.354 e. The monoisotopic (exact) mass is 290 g/mol. The molecule has 2 aromatic heterocycles. The summed E-state index contributed by atoms with van der Waals surface area (Å²) >= 11 is 1.78. The molecule has 3 heterocycles. The molecule has 5 heteroatoms. The highest BCUT2D eigenvalue weighted by molar-refractivity contribution is 7.18. The van der Waals surface area contributed by atoms with E-state index in [2.05, 4.69) is 36.1 Å². The Balaban J connectivity index is 2.10. The number of nitrogens with one attached hydrogen (secondary N) is 1. The second-order valence-electron chi connectivity index (χ2n) is 5.63.